The molecule has 0 aliphatic rings. The molecule has 152 valence electrons. The largest absolute Gasteiger partial charge is 0.207 e. The van der Waals surface area contributed by atoms with Crippen molar-refractivity contribution in [1.29, 1.82) is 0 Å². The number of benzene rings is 3. The lowest BCUT2D eigenvalue weighted by atomic mass is 9.92. The molecule has 0 N–H and O–H groups in total. The third kappa shape index (κ3) is 4.76. The molecule has 0 spiro atoms. The van der Waals surface area contributed by atoms with E-state index in [0.717, 1.165) is 38.9 Å². The lowest BCUT2D eigenvalue weighted by Crippen LogP contribution is -2.26. The molecule has 0 saturated carbocycles. The minimum atomic E-state index is -2.27. The van der Waals surface area contributed by atoms with E-state index in [0.29, 0.717) is 5.56 Å². The number of aromatic nitrogens is 1. The van der Waals surface area contributed by atoms with Crippen LogP contribution in [0.25, 0.3) is 33.4 Å². The van der Waals surface area contributed by atoms with Crippen molar-refractivity contribution in [2.45, 2.75) is 27.6 Å². The number of pyridine rings is 1. The average Bonchev–Trinajstić information content (AvgIpc) is 2.82. The minimum absolute atomic E-state index is 0.231. The first-order valence-electron chi connectivity index (χ1n) is 13.2. The third-order valence-electron chi connectivity index (χ3n) is 5.15. The first-order valence-corrected chi connectivity index (χ1v) is 10.2. The van der Waals surface area contributed by atoms with Crippen LogP contribution < -0.4 is 4.57 Å². The molecule has 0 atom stereocenters. The van der Waals surface area contributed by atoms with E-state index in [1.807, 2.05) is 73.4 Å². The van der Waals surface area contributed by atoms with Crippen molar-refractivity contribution in [2.75, 3.05) is 0 Å². The van der Waals surface area contributed by atoms with Gasteiger partial charge in [-0.2, -0.15) is 0 Å². The van der Waals surface area contributed by atoms with E-state index in [1.165, 1.54) is 0 Å². The molecule has 0 bridgehead atoms. The molecule has 0 radical (unpaired) electrons. The molecule has 1 nitrogen and oxygen atoms in total. The molecule has 0 aliphatic heterocycles. The fraction of sp³-hybridized carbons (Fsp3) is 0.167. The predicted octanol–water partition coefficient (Wildman–Crippen LogP) is 6.81. The van der Waals surface area contributed by atoms with E-state index in [2.05, 4.69) is 11.8 Å². The molecule has 1 aromatic heterocycles. The molecule has 0 saturated heterocycles. The highest BCUT2D eigenvalue weighted by molar-refractivity contribution is 5.78. The van der Waals surface area contributed by atoms with E-state index in [1.54, 1.807) is 31.2 Å². The Morgan fingerprint density at radius 2 is 1.26 bits per heavy atom. The van der Waals surface area contributed by atoms with Gasteiger partial charge in [0.25, 0.3) is 0 Å². The van der Waals surface area contributed by atoms with Crippen LogP contribution in [0.1, 0.15) is 37.4 Å². The molecule has 1 heterocycles. The Morgan fingerprint density at radius 1 is 0.710 bits per heavy atom. The molecular formula is C30H28N+. The number of aryl methyl sites for hydroxylation is 4. The Bertz CT molecular complexity index is 1530. The number of hydrogen-bond donors (Lipinski definition) is 0. The van der Waals surface area contributed by atoms with Gasteiger partial charge in [0.2, 0.25) is 0 Å². The molecule has 1 heteroatoms. The lowest BCUT2D eigenvalue weighted by molar-refractivity contribution is -0.671. The van der Waals surface area contributed by atoms with Crippen LogP contribution in [0.3, 0.4) is 0 Å². The Hall–Kier alpha value is -3.63. The highest BCUT2D eigenvalue weighted by Crippen LogP contribution is 2.32. The Morgan fingerprint density at radius 3 is 1.84 bits per heavy atom. The highest BCUT2D eigenvalue weighted by Gasteiger charge is 2.09. The molecule has 0 fully saturated rings. The van der Waals surface area contributed by atoms with E-state index in [4.69, 9.17) is 8.22 Å². The van der Waals surface area contributed by atoms with Gasteiger partial charge in [-0.05, 0) is 102 Å². The topological polar surface area (TPSA) is 3.88 Å². The molecule has 4 rings (SSSR count). The highest BCUT2D eigenvalue weighted by atomic mass is 14.9. The lowest BCUT2D eigenvalue weighted by Gasteiger charge is -2.12. The number of hydrogen-bond acceptors (Lipinski definition) is 0. The van der Waals surface area contributed by atoms with Crippen LogP contribution >= 0.6 is 0 Å². The minimum Gasteiger partial charge on any atom is -0.207 e. The van der Waals surface area contributed by atoms with Gasteiger partial charge in [0, 0.05) is 25.4 Å². The predicted molar refractivity (Wildman–Crippen MR) is 131 cm³/mol. The Kier molecular flexibility index (Phi) is 4.00. The van der Waals surface area contributed by atoms with Crippen molar-refractivity contribution in [3.05, 3.63) is 101 Å². The van der Waals surface area contributed by atoms with Crippen molar-refractivity contribution in [1.82, 2.24) is 0 Å². The van der Waals surface area contributed by atoms with Gasteiger partial charge in [-0.15, -0.1) is 5.92 Å². The van der Waals surface area contributed by atoms with Gasteiger partial charge in [-0.1, -0.05) is 36.3 Å². The van der Waals surface area contributed by atoms with Crippen LogP contribution in [-0.2, 0) is 7.05 Å². The quantitative estimate of drug-likeness (QED) is 0.259. The smallest absolute Gasteiger partial charge is 0.176 e. The van der Waals surface area contributed by atoms with Crippen LogP contribution in [0.2, 0.25) is 0 Å². The first kappa shape index (κ1) is 14.4. The van der Waals surface area contributed by atoms with Gasteiger partial charge in [0.15, 0.2) is 12.4 Å². The normalized spacial score (nSPS) is 14.2. The van der Waals surface area contributed by atoms with Crippen LogP contribution in [0.4, 0.5) is 0 Å². The van der Waals surface area contributed by atoms with Gasteiger partial charge in [0.1, 0.15) is 7.05 Å². The molecule has 0 amide bonds. The van der Waals surface area contributed by atoms with Crippen LogP contribution in [-0.4, -0.2) is 0 Å². The zero-order valence-electron chi connectivity index (χ0n) is 24.0. The average molecular weight is 409 g/mol. The summed E-state index contributed by atoms with van der Waals surface area (Å²) in [6.45, 7) is -0.842. The summed E-state index contributed by atoms with van der Waals surface area (Å²) in [5, 5.41) is 0. The summed E-state index contributed by atoms with van der Waals surface area (Å²) in [5.41, 5.74) is 7.05. The zero-order valence-corrected chi connectivity index (χ0v) is 18.0. The van der Waals surface area contributed by atoms with Crippen molar-refractivity contribution in [3.8, 4) is 45.2 Å². The van der Waals surface area contributed by atoms with Crippen LogP contribution in [0.5, 0.6) is 0 Å². The van der Waals surface area contributed by atoms with Crippen molar-refractivity contribution in [3.63, 3.8) is 0 Å². The summed E-state index contributed by atoms with van der Waals surface area (Å²) in [7, 11) is 1.93. The molecule has 4 aromatic rings. The summed E-state index contributed by atoms with van der Waals surface area (Å²) in [4.78, 5) is 0. The standard InChI is InChI=1S/C30H28N/c1-6-8-24-11-21(2)12-26(17-24)28-14-23(4)16-30(19-28)29-15-22(3)13-27(18-29)25-9-7-10-31(5)20-25/h7,9-20H,1-5H3/q+1/i2D3,3D3. The van der Waals surface area contributed by atoms with E-state index < -0.39 is 13.7 Å². The van der Waals surface area contributed by atoms with Gasteiger partial charge < -0.3 is 0 Å². The molecular weight excluding hydrogens is 374 g/mol. The van der Waals surface area contributed by atoms with Crippen LogP contribution in [0.15, 0.2) is 79.1 Å². The SMILES string of the molecule is [2H]C([2H])([2H])c1cc(C#CC)cc(-c2cc(C)cc(-c3cc(-c4ccc[n+](C)c4)cc(C([2H])([2H])[2H])c3)c2)c1. The van der Waals surface area contributed by atoms with Gasteiger partial charge in [-0.3, -0.25) is 0 Å². The summed E-state index contributed by atoms with van der Waals surface area (Å²) in [6, 6.07) is 20.5. The Labute approximate surface area is 194 Å². The van der Waals surface area contributed by atoms with Gasteiger partial charge in [-0.25, -0.2) is 4.57 Å². The maximum Gasteiger partial charge on any atom is 0.176 e. The molecule has 31 heavy (non-hydrogen) atoms. The second-order valence-electron chi connectivity index (χ2n) is 7.82. The zero-order chi connectivity index (χ0) is 27.0. The molecule has 0 aliphatic carbocycles. The monoisotopic (exact) mass is 408 g/mol. The summed E-state index contributed by atoms with van der Waals surface area (Å²) in [5.74, 6) is 5.83. The van der Waals surface area contributed by atoms with E-state index in [-0.39, 0.29) is 11.1 Å². The fourth-order valence-electron chi connectivity index (χ4n) is 3.85. The number of nitrogens with zero attached hydrogens (tertiary/aromatic N) is 1. The fourth-order valence-corrected chi connectivity index (χ4v) is 3.85. The van der Waals surface area contributed by atoms with Crippen molar-refractivity contribution < 1.29 is 12.8 Å². The molecule has 3 aromatic carbocycles. The summed E-state index contributed by atoms with van der Waals surface area (Å²) < 4.78 is 49.8. The Balaban J connectivity index is 1.92. The summed E-state index contributed by atoms with van der Waals surface area (Å²) in [6.07, 6.45) is 3.89. The van der Waals surface area contributed by atoms with Gasteiger partial charge in [0.05, 0.1) is 0 Å². The second-order valence-corrected chi connectivity index (χ2v) is 7.82. The van der Waals surface area contributed by atoms with Gasteiger partial charge >= 0.3 is 0 Å². The van der Waals surface area contributed by atoms with Crippen molar-refractivity contribution in [2.24, 2.45) is 7.05 Å². The maximum atomic E-state index is 8.06. The molecule has 0 unspecified atom stereocenters. The first-order chi connectivity index (χ1) is 17.3. The number of rotatable bonds is 3. The second kappa shape index (κ2) is 8.62. The van der Waals surface area contributed by atoms with E-state index >= 15 is 0 Å². The maximum absolute atomic E-state index is 8.06. The van der Waals surface area contributed by atoms with Crippen molar-refractivity contribution >= 4 is 0 Å². The third-order valence-corrected chi connectivity index (χ3v) is 5.15. The van der Waals surface area contributed by atoms with E-state index in [9.17, 15) is 0 Å². The summed E-state index contributed by atoms with van der Waals surface area (Å²) >= 11 is 0. The van der Waals surface area contributed by atoms with Crippen LogP contribution in [0, 0.1) is 32.5 Å².